The van der Waals surface area contributed by atoms with Crippen LogP contribution in [-0.2, 0) is 16.7 Å². The van der Waals surface area contributed by atoms with Crippen molar-refractivity contribution in [3.05, 3.63) is 16.1 Å². The van der Waals surface area contributed by atoms with Crippen LogP contribution in [0.2, 0.25) is 0 Å². The normalized spacial score (nSPS) is 27.3. The second-order valence-corrected chi connectivity index (χ2v) is 9.70. The maximum absolute atomic E-state index is 5.89. The van der Waals surface area contributed by atoms with Gasteiger partial charge in [0, 0.05) is 41.3 Å². The van der Waals surface area contributed by atoms with Crippen LogP contribution in [0.25, 0.3) is 0 Å². The third kappa shape index (κ3) is 4.35. The molecule has 1 aromatic heterocycles. The summed E-state index contributed by atoms with van der Waals surface area (Å²) in [4.78, 5) is 9.53. The smallest absolute Gasteiger partial charge is 0.191 e. The molecule has 148 valence electrons. The monoisotopic (exact) mass is 492 g/mol. The van der Waals surface area contributed by atoms with Gasteiger partial charge in [0.25, 0.3) is 0 Å². The molecule has 1 saturated heterocycles. The van der Waals surface area contributed by atoms with Crippen LogP contribution in [0.4, 0.5) is 0 Å². The fraction of sp³-hybridized carbons (Fsp3) is 0.789. The summed E-state index contributed by atoms with van der Waals surface area (Å²) < 4.78 is 5.89. The number of aliphatic imine (C=N–C) groups is 1. The molecule has 3 unspecified atom stereocenters. The van der Waals surface area contributed by atoms with Crippen molar-refractivity contribution >= 4 is 41.3 Å². The molecule has 1 saturated carbocycles. The van der Waals surface area contributed by atoms with E-state index in [2.05, 4.69) is 57.6 Å². The van der Waals surface area contributed by atoms with Gasteiger partial charge in [0.05, 0.1) is 18.3 Å². The number of hydrogen-bond acceptors (Lipinski definition) is 4. The number of thiazole rings is 1. The van der Waals surface area contributed by atoms with Crippen molar-refractivity contribution in [2.24, 2.45) is 16.3 Å². The molecule has 7 heteroatoms. The highest BCUT2D eigenvalue weighted by atomic mass is 127. The van der Waals surface area contributed by atoms with Crippen LogP contribution in [0, 0.1) is 11.3 Å². The Bertz CT molecular complexity index is 638. The summed E-state index contributed by atoms with van der Waals surface area (Å²) in [6.07, 6.45) is 1.54. The van der Waals surface area contributed by atoms with Crippen molar-refractivity contribution in [1.82, 2.24) is 15.6 Å². The Balaban J connectivity index is 0.00000243. The second kappa shape index (κ2) is 8.31. The first-order valence-corrected chi connectivity index (χ1v) is 10.2. The molecule has 0 bridgehead atoms. The molecule has 1 aliphatic carbocycles. The maximum Gasteiger partial charge on any atom is 0.191 e. The number of aromatic nitrogens is 1. The van der Waals surface area contributed by atoms with Gasteiger partial charge in [0.15, 0.2) is 5.96 Å². The Morgan fingerprint density at radius 1 is 1.42 bits per heavy atom. The molecule has 2 N–H and O–H groups in total. The third-order valence-electron chi connectivity index (χ3n) is 5.43. The van der Waals surface area contributed by atoms with Crippen LogP contribution in [0.5, 0.6) is 0 Å². The van der Waals surface area contributed by atoms with Crippen LogP contribution in [0.1, 0.15) is 58.7 Å². The molecule has 0 spiro atoms. The molecule has 3 rings (SSSR count). The minimum atomic E-state index is 0. The Morgan fingerprint density at radius 2 is 2.15 bits per heavy atom. The molecule has 0 amide bonds. The number of ether oxygens (including phenoxy) is 1. The van der Waals surface area contributed by atoms with E-state index in [0.29, 0.717) is 24.6 Å². The van der Waals surface area contributed by atoms with Crippen LogP contribution in [0.15, 0.2) is 10.4 Å². The van der Waals surface area contributed by atoms with Crippen molar-refractivity contribution in [2.45, 2.75) is 72.1 Å². The lowest BCUT2D eigenvalue weighted by atomic mass is 9.57. The first-order valence-electron chi connectivity index (χ1n) is 9.35. The first kappa shape index (κ1) is 21.9. The highest BCUT2D eigenvalue weighted by molar-refractivity contribution is 14.0. The molecule has 3 atom stereocenters. The molecular formula is C19H33IN4OS. The van der Waals surface area contributed by atoms with Crippen LogP contribution in [0.3, 0.4) is 0 Å². The van der Waals surface area contributed by atoms with Gasteiger partial charge in [-0.3, -0.25) is 0 Å². The molecule has 2 heterocycles. The van der Waals surface area contributed by atoms with Gasteiger partial charge < -0.3 is 15.4 Å². The molecular weight excluding hydrogens is 459 g/mol. The van der Waals surface area contributed by atoms with Gasteiger partial charge in [-0.2, -0.15) is 0 Å². The van der Waals surface area contributed by atoms with Gasteiger partial charge in [-0.1, -0.05) is 34.6 Å². The van der Waals surface area contributed by atoms with Crippen molar-refractivity contribution in [1.29, 1.82) is 0 Å². The van der Waals surface area contributed by atoms with Crippen LogP contribution in [-0.4, -0.2) is 36.2 Å². The molecule has 2 fully saturated rings. The van der Waals surface area contributed by atoms with E-state index in [1.165, 1.54) is 0 Å². The molecule has 0 aromatic carbocycles. The number of nitrogens with one attached hydrogen (secondary N) is 2. The number of fused-ring (bicyclic) bond motifs is 1. The van der Waals surface area contributed by atoms with E-state index in [1.807, 2.05) is 0 Å². The Hall–Kier alpha value is -0.410. The van der Waals surface area contributed by atoms with Crippen LogP contribution >= 0.6 is 35.3 Å². The Morgan fingerprint density at radius 3 is 2.77 bits per heavy atom. The SMILES string of the molecule is CCNC(=NCc1nc(C(C)(C)C)cs1)NC1C2CCOC2C1(C)C.I. The van der Waals surface area contributed by atoms with E-state index in [1.54, 1.807) is 11.3 Å². The number of halogens is 1. The number of guanidine groups is 1. The van der Waals surface area contributed by atoms with Crippen molar-refractivity contribution < 1.29 is 4.74 Å². The molecule has 1 aliphatic heterocycles. The number of nitrogens with zero attached hydrogens (tertiary/aromatic N) is 2. The minimum absolute atomic E-state index is 0. The second-order valence-electron chi connectivity index (χ2n) is 8.76. The average molecular weight is 492 g/mol. The number of rotatable bonds is 4. The largest absolute Gasteiger partial charge is 0.377 e. The fourth-order valence-corrected chi connectivity index (χ4v) is 4.90. The summed E-state index contributed by atoms with van der Waals surface area (Å²) in [5.41, 5.74) is 1.39. The van der Waals surface area contributed by atoms with E-state index < -0.39 is 0 Å². The highest BCUT2D eigenvalue weighted by Crippen LogP contribution is 2.52. The van der Waals surface area contributed by atoms with Crippen molar-refractivity contribution in [3.8, 4) is 0 Å². The summed E-state index contributed by atoms with van der Waals surface area (Å²) in [7, 11) is 0. The number of hydrogen-bond donors (Lipinski definition) is 2. The summed E-state index contributed by atoms with van der Waals surface area (Å²) >= 11 is 1.70. The predicted octanol–water partition coefficient (Wildman–Crippen LogP) is 3.93. The lowest BCUT2D eigenvalue weighted by molar-refractivity contribution is -0.106. The van der Waals surface area contributed by atoms with Gasteiger partial charge in [-0.25, -0.2) is 9.98 Å². The van der Waals surface area contributed by atoms with E-state index in [-0.39, 0.29) is 34.8 Å². The lowest BCUT2D eigenvalue weighted by Gasteiger charge is -2.54. The molecule has 2 aliphatic rings. The zero-order chi connectivity index (χ0) is 18.2. The summed E-state index contributed by atoms with van der Waals surface area (Å²) in [5.74, 6) is 1.49. The maximum atomic E-state index is 5.89. The Kier molecular flexibility index (Phi) is 6.99. The average Bonchev–Trinajstić information content (AvgIpc) is 3.17. The van der Waals surface area contributed by atoms with Crippen LogP contribution < -0.4 is 10.6 Å². The van der Waals surface area contributed by atoms with Gasteiger partial charge in [-0.15, -0.1) is 35.3 Å². The van der Waals surface area contributed by atoms with E-state index in [9.17, 15) is 0 Å². The topological polar surface area (TPSA) is 58.5 Å². The van der Waals surface area contributed by atoms with Gasteiger partial charge in [0.2, 0.25) is 0 Å². The standard InChI is InChI=1S/C19H32N4OS.HI/c1-7-20-17(21-10-14-22-13(11-25-14)18(2,3)4)23-15-12-8-9-24-16(12)19(15,5)6;/h11-12,15-16H,7-10H2,1-6H3,(H2,20,21,23);1H. The Labute approximate surface area is 178 Å². The molecule has 0 radical (unpaired) electrons. The van der Waals surface area contributed by atoms with Crippen molar-refractivity contribution in [3.63, 3.8) is 0 Å². The van der Waals surface area contributed by atoms with Gasteiger partial charge in [-0.05, 0) is 13.3 Å². The summed E-state index contributed by atoms with van der Waals surface area (Å²) in [6, 6.07) is 0.416. The first-order chi connectivity index (χ1) is 11.7. The zero-order valence-electron chi connectivity index (χ0n) is 16.8. The minimum Gasteiger partial charge on any atom is -0.377 e. The van der Waals surface area contributed by atoms with E-state index >= 15 is 0 Å². The summed E-state index contributed by atoms with van der Waals surface area (Å²) in [5, 5.41) is 10.3. The zero-order valence-corrected chi connectivity index (χ0v) is 19.9. The van der Waals surface area contributed by atoms with E-state index in [0.717, 1.165) is 36.2 Å². The van der Waals surface area contributed by atoms with E-state index in [4.69, 9.17) is 14.7 Å². The lowest BCUT2D eigenvalue weighted by Crippen LogP contribution is -2.67. The fourth-order valence-electron chi connectivity index (χ4n) is 3.96. The van der Waals surface area contributed by atoms with Gasteiger partial charge >= 0.3 is 0 Å². The molecule has 5 nitrogen and oxygen atoms in total. The molecule has 26 heavy (non-hydrogen) atoms. The highest BCUT2D eigenvalue weighted by Gasteiger charge is 2.59. The third-order valence-corrected chi connectivity index (χ3v) is 6.26. The van der Waals surface area contributed by atoms with Crippen molar-refractivity contribution in [2.75, 3.05) is 13.2 Å². The quantitative estimate of drug-likeness (QED) is 0.380. The van der Waals surface area contributed by atoms with Gasteiger partial charge in [0.1, 0.15) is 5.01 Å². The molecule has 1 aromatic rings. The summed E-state index contributed by atoms with van der Waals surface area (Å²) in [6.45, 7) is 15.6. The predicted molar refractivity (Wildman–Crippen MR) is 120 cm³/mol.